The number of nitrogens with zero attached hydrogens (tertiary/aromatic N) is 2. The largest absolute Gasteiger partial charge is 0.508 e. The summed E-state index contributed by atoms with van der Waals surface area (Å²) in [5.41, 5.74) is 3.40. The fraction of sp³-hybridized carbons (Fsp3) is 0.286. The number of phenolic OH excluding ortho intramolecular Hbond substituents is 1. The summed E-state index contributed by atoms with van der Waals surface area (Å²) in [6.07, 6.45) is 0.209. The Labute approximate surface area is 116 Å². The number of aromatic nitrogens is 1. The minimum atomic E-state index is -0.0192. The second-order valence-corrected chi connectivity index (χ2v) is 5.36. The Morgan fingerprint density at radius 3 is 2.79 bits per heavy atom. The van der Waals surface area contributed by atoms with Crippen molar-refractivity contribution in [1.29, 1.82) is 0 Å². The maximum Gasteiger partial charge on any atom is 0.227 e. The summed E-state index contributed by atoms with van der Waals surface area (Å²) in [6.45, 7) is 2.50. The average Bonchev–Trinajstić information content (AvgIpc) is 2.78. The van der Waals surface area contributed by atoms with E-state index in [4.69, 9.17) is 0 Å². The number of para-hydroxylation sites is 1. The molecule has 1 amide bonds. The van der Waals surface area contributed by atoms with Crippen molar-refractivity contribution in [1.82, 2.24) is 9.88 Å². The Morgan fingerprint density at radius 2 is 2.16 bits per heavy atom. The van der Waals surface area contributed by atoms with Gasteiger partial charge < -0.3 is 10.0 Å². The Kier molecular flexibility index (Phi) is 4.16. The summed E-state index contributed by atoms with van der Waals surface area (Å²) in [4.78, 5) is 19.0. The molecule has 1 aromatic carbocycles. The van der Waals surface area contributed by atoms with Gasteiger partial charge in [-0.25, -0.2) is 4.98 Å². The van der Waals surface area contributed by atoms with E-state index in [0.717, 1.165) is 10.6 Å². The van der Waals surface area contributed by atoms with Gasteiger partial charge >= 0.3 is 0 Å². The molecule has 2 rings (SSSR count). The topological polar surface area (TPSA) is 53.4 Å². The first-order chi connectivity index (χ1) is 9.08. The highest BCUT2D eigenvalue weighted by Crippen LogP contribution is 2.18. The van der Waals surface area contributed by atoms with E-state index in [-0.39, 0.29) is 18.1 Å². The predicted molar refractivity (Wildman–Crippen MR) is 75.1 cm³/mol. The lowest BCUT2D eigenvalue weighted by molar-refractivity contribution is -0.129. The number of amides is 1. The molecule has 0 aliphatic heterocycles. The Bertz CT molecular complexity index is 580. The molecule has 1 heterocycles. The summed E-state index contributed by atoms with van der Waals surface area (Å²) >= 11 is 1.55. The van der Waals surface area contributed by atoms with Gasteiger partial charge in [-0.15, -0.1) is 11.3 Å². The summed E-state index contributed by atoms with van der Waals surface area (Å²) < 4.78 is 0. The fourth-order valence-corrected chi connectivity index (χ4v) is 2.57. The summed E-state index contributed by atoms with van der Waals surface area (Å²) in [7, 11) is 1.77. The molecule has 4 nitrogen and oxygen atoms in total. The number of rotatable bonds is 4. The highest BCUT2D eigenvalue weighted by molar-refractivity contribution is 7.09. The van der Waals surface area contributed by atoms with E-state index in [1.165, 1.54) is 0 Å². The van der Waals surface area contributed by atoms with Crippen LogP contribution in [0.3, 0.4) is 0 Å². The van der Waals surface area contributed by atoms with E-state index in [1.807, 2.05) is 13.0 Å². The molecule has 5 heteroatoms. The lowest BCUT2D eigenvalue weighted by Gasteiger charge is -2.17. The zero-order chi connectivity index (χ0) is 13.8. The van der Waals surface area contributed by atoms with Crippen molar-refractivity contribution in [2.45, 2.75) is 19.9 Å². The van der Waals surface area contributed by atoms with Crippen LogP contribution in [0.15, 0.2) is 29.8 Å². The molecule has 1 aromatic heterocycles. The quantitative estimate of drug-likeness (QED) is 0.932. The van der Waals surface area contributed by atoms with Gasteiger partial charge in [-0.3, -0.25) is 4.79 Å². The number of aryl methyl sites for hydroxylation is 1. The second kappa shape index (κ2) is 5.84. The van der Waals surface area contributed by atoms with Crippen molar-refractivity contribution >= 4 is 17.2 Å². The normalized spacial score (nSPS) is 10.4. The fourth-order valence-electron chi connectivity index (χ4n) is 1.74. The highest BCUT2D eigenvalue weighted by atomic mass is 32.1. The lowest BCUT2D eigenvalue weighted by atomic mass is 10.1. The number of thiazole rings is 1. The third-order valence-corrected chi connectivity index (χ3v) is 3.90. The monoisotopic (exact) mass is 276 g/mol. The number of carbonyl (C=O) groups excluding carboxylic acids is 1. The number of phenols is 1. The SMILES string of the molecule is Cc1ncsc1CN(C)C(=O)Cc1ccccc1O. The van der Waals surface area contributed by atoms with E-state index in [1.54, 1.807) is 47.0 Å². The van der Waals surface area contributed by atoms with Gasteiger partial charge in [-0.1, -0.05) is 18.2 Å². The van der Waals surface area contributed by atoms with Crippen LogP contribution in [-0.2, 0) is 17.8 Å². The van der Waals surface area contributed by atoms with E-state index < -0.39 is 0 Å². The Hall–Kier alpha value is -1.88. The molecule has 0 fully saturated rings. The molecule has 0 saturated heterocycles. The van der Waals surface area contributed by atoms with Crippen LogP contribution in [0.2, 0.25) is 0 Å². The van der Waals surface area contributed by atoms with Crippen LogP contribution in [0.5, 0.6) is 5.75 Å². The molecule has 0 radical (unpaired) electrons. The van der Waals surface area contributed by atoms with E-state index in [0.29, 0.717) is 12.1 Å². The molecule has 0 aliphatic carbocycles. The van der Waals surface area contributed by atoms with Gasteiger partial charge in [0.15, 0.2) is 0 Å². The van der Waals surface area contributed by atoms with Gasteiger partial charge in [0.05, 0.1) is 24.2 Å². The number of likely N-dealkylation sites (N-methyl/N-ethyl adjacent to an activating group) is 1. The first-order valence-electron chi connectivity index (χ1n) is 5.97. The van der Waals surface area contributed by atoms with Crippen molar-refractivity contribution in [3.63, 3.8) is 0 Å². The first-order valence-corrected chi connectivity index (χ1v) is 6.85. The van der Waals surface area contributed by atoms with Crippen molar-refractivity contribution < 1.29 is 9.90 Å². The molecule has 0 spiro atoms. The molecule has 0 aliphatic rings. The number of hydrogen-bond acceptors (Lipinski definition) is 4. The van der Waals surface area contributed by atoms with Gasteiger partial charge in [0.1, 0.15) is 5.75 Å². The van der Waals surface area contributed by atoms with Gasteiger partial charge in [0, 0.05) is 17.5 Å². The molecule has 2 aromatic rings. The third-order valence-electron chi connectivity index (χ3n) is 2.98. The van der Waals surface area contributed by atoms with Crippen LogP contribution in [0.1, 0.15) is 16.1 Å². The van der Waals surface area contributed by atoms with Crippen LogP contribution < -0.4 is 0 Å². The molecule has 0 atom stereocenters. The van der Waals surface area contributed by atoms with Crippen LogP contribution in [0.25, 0.3) is 0 Å². The Morgan fingerprint density at radius 1 is 1.42 bits per heavy atom. The van der Waals surface area contributed by atoms with Gasteiger partial charge in [0.2, 0.25) is 5.91 Å². The smallest absolute Gasteiger partial charge is 0.227 e. The number of hydrogen-bond donors (Lipinski definition) is 1. The number of benzene rings is 1. The zero-order valence-electron chi connectivity index (χ0n) is 11.0. The van der Waals surface area contributed by atoms with Gasteiger partial charge in [0.25, 0.3) is 0 Å². The molecule has 0 bridgehead atoms. The van der Waals surface area contributed by atoms with E-state index in [9.17, 15) is 9.90 Å². The van der Waals surface area contributed by atoms with Crippen LogP contribution >= 0.6 is 11.3 Å². The molecule has 1 N–H and O–H groups in total. The van der Waals surface area contributed by atoms with Gasteiger partial charge in [-0.05, 0) is 13.0 Å². The predicted octanol–water partition coefficient (Wildman–Crippen LogP) is 2.36. The molecule has 100 valence electrons. The van der Waals surface area contributed by atoms with Crippen LogP contribution in [0, 0.1) is 6.92 Å². The molecular weight excluding hydrogens is 260 g/mol. The number of carbonyl (C=O) groups is 1. The lowest BCUT2D eigenvalue weighted by Crippen LogP contribution is -2.27. The highest BCUT2D eigenvalue weighted by Gasteiger charge is 2.14. The summed E-state index contributed by atoms with van der Waals surface area (Å²) in [5, 5.41) is 9.66. The van der Waals surface area contributed by atoms with E-state index >= 15 is 0 Å². The molecule has 0 unspecified atom stereocenters. The maximum atomic E-state index is 12.1. The minimum absolute atomic E-state index is 0.0192. The third kappa shape index (κ3) is 3.32. The van der Waals surface area contributed by atoms with Crippen LogP contribution in [0.4, 0.5) is 0 Å². The number of aromatic hydroxyl groups is 1. The minimum Gasteiger partial charge on any atom is -0.508 e. The second-order valence-electron chi connectivity index (χ2n) is 4.42. The standard InChI is InChI=1S/C14H16N2O2S/c1-10-13(19-9-15-10)8-16(2)14(18)7-11-5-3-4-6-12(11)17/h3-6,9,17H,7-8H2,1-2H3. The van der Waals surface area contributed by atoms with Crippen molar-refractivity contribution in [3.05, 3.63) is 45.9 Å². The molecular formula is C14H16N2O2S. The van der Waals surface area contributed by atoms with Crippen LogP contribution in [-0.4, -0.2) is 27.9 Å². The van der Waals surface area contributed by atoms with Crippen molar-refractivity contribution in [2.75, 3.05) is 7.05 Å². The average molecular weight is 276 g/mol. The Balaban J connectivity index is 2.00. The molecule has 19 heavy (non-hydrogen) atoms. The summed E-state index contributed by atoms with van der Waals surface area (Å²) in [5.74, 6) is 0.146. The summed E-state index contributed by atoms with van der Waals surface area (Å²) in [6, 6.07) is 6.92. The molecule has 0 saturated carbocycles. The van der Waals surface area contributed by atoms with Gasteiger partial charge in [-0.2, -0.15) is 0 Å². The van der Waals surface area contributed by atoms with Crippen molar-refractivity contribution in [2.24, 2.45) is 0 Å². The zero-order valence-corrected chi connectivity index (χ0v) is 11.8. The van der Waals surface area contributed by atoms with E-state index in [2.05, 4.69) is 4.98 Å². The maximum absolute atomic E-state index is 12.1. The first kappa shape index (κ1) is 13.5. The van der Waals surface area contributed by atoms with Crippen molar-refractivity contribution in [3.8, 4) is 5.75 Å².